The Morgan fingerprint density at radius 1 is 0.294 bits per heavy atom. The first-order valence-corrected chi connectivity index (χ1v) is 21.8. The summed E-state index contributed by atoms with van der Waals surface area (Å²) in [7, 11) is 0. The van der Waals surface area contributed by atoms with E-state index in [1.165, 1.54) is 93.0 Å². The second-order valence-corrected chi connectivity index (χ2v) is 15.2. The van der Waals surface area contributed by atoms with Crippen molar-refractivity contribution in [2.75, 3.05) is 0 Å². The van der Waals surface area contributed by atoms with Crippen LogP contribution in [0.2, 0.25) is 0 Å². The van der Waals surface area contributed by atoms with Crippen molar-refractivity contribution >= 4 is 87.8 Å². The number of hydrogen-bond acceptors (Lipinski definition) is 8. The molecule has 12 aromatic rings. The highest BCUT2D eigenvalue weighted by Crippen LogP contribution is 2.33. The van der Waals surface area contributed by atoms with Crippen molar-refractivity contribution in [2.45, 2.75) is 55.4 Å². The lowest BCUT2D eigenvalue weighted by molar-refractivity contribution is 0.665. The molecule has 68 heavy (non-hydrogen) atoms. The summed E-state index contributed by atoms with van der Waals surface area (Å²) >= 11 is 0. The van der Waals surface area contributed by atoms with E-state index in [0.717, 1.165) is 44.7 Å². The lowest BCUT2D eigenvalue weighted by Crippen LogP contribution is -1.72. The van der Waals surface area contributed by atoms with E-state index in [4.69, 9.17) is 38.7 Å². The van der Waals surface area contributed by atoms with E-state index in [0.29, 0.717) is 0 Å². The summed E-state index contributed by atoms with van der Waals surface area (Å²) in [5.74, 6) is 0. The van der Waals surface area contributed by atoms with Crippen LogP contribution >= 0.6 is 0 Å². The third-order valence-electron chi connectivity index (χ3n) is 10.3. The molecule has 0 radical (unpaired) electrons. The Balaban J connectivity index is 0.000000157. The van der Waals surface area contributed by atoms with Gasteiger partial charge in [0.2, 0.25) is 0 Å². The van der Waals surface area contributed by atoms with Crippen LogP contribution in [-0.4, -0.2) is 0 Å². The largest absolute Gasteiger partial charge is 0.456 e. The van der Waals surface area contributed by atoms with Crippen molar-refractivity contribution in [3.8, 4) is 24.3 Å². The SMILES string of the molecule is CC#N.CC#N.CC#N.CC#N.Cc1ccc2c(c1)oc1ccccc12.Cc1ccc2oc3ccccc3c2c1.Cc1cccc2c1oc1ccccc12.Cc1cccc2oc3ccccc3c12. The molecule has 12 rings (SSSR count). The molecule has 0 N–H and O–H groups in total. The number of hydrogen-bond donors (Lipinski definition) is 0. The normalized spacial score (nSPS) is 9.71. The number of benzene rings is 8. The van der Waals surface area contributed by atoms with E-state index in [-0.39, 0.29) is 0 Å². The molecule has 0 saturated heterocycles. The van der Waals surface area contributed by atoms with Crippen molar-refractivity contribution in [2.24, 2.45) is 0 Å². The van der Waals surface area contributed by atoms with Gasteiger partial charge in [-0.05, 0) is 92.9 Å². The van der Waals surface area contributed by atoms with Gasteiger partial charge in [0.05, 0.1) is 24.3 Å². The second-order valence-electron chi connectivity index (χ2n) is 15.2. The third-order valence-corrected chi connectivity index (χ3v) is 10.3. The first-order chi connectivity index (χ1) is 33.1. The maximum Gasteiger partial charge on any atom is 0.138 e. The van der Waals surface area contributed by atoms with Gasteiger partial charge in [-0.2, -0.15) is 21.0 Å². The van der Waals surface area contributed by atoms with E-state index >= 15 is 0 Å². The average Bonchev–Trinajstić information content (AvgIpc) is 4.11. The summed E-state index contributed by atoms with van der Waals surface area (Å²) in [4.78, 5) is 0. The Labute approximate surface area is 396 Å². The minimum absolute atomic E-state index is 0.966. The van der Waals surface area contributed by atoms with Gasteiger partial charge in [0.25, 0.3) is 0 Å². The fourth-order valence-corrected chi connectivity index (χ4v) is 7.51. The zero-order valence-electron chi connectivity index (χ0n) is 39.6. The number of fused-ring (bicyclic) bond motifs is 12. The van der Waals surface area contributed by atoms with Gasteiger partial charge in [-0.25, -0.2) is 0 Å². The molecule has 4 aromatic heterocycles. The number of furan rings is 4. The highest BCUT2D eigenvalue weighted by atomic mass is 16.3. The average molecular weight is 893 g/mol. The molecule has 336 valence electrons. The monoisotopic (exact) mass is 892 g/mol. The number of para-hydroxylation sites is 5. The summed E-state index contributed by atoms with van der Waals surface area (Å²) in [5.41, 5.74) is 12.8. The van der Waals surface area contributed by atoms with Crippen molar-refractivity contribution in [3.05, 3.63) is 192 Å². The van der Waals surface area contributed by atoms with Crippen molar-refractivity contribution < 1.29 is 17.7 Å². The first kappa shape index (κ1) is 49.9. The minimum atomic E-state index is 0.966. The molecular weight excluding hydrogens is 841 g/mol. The second kappa shape index (κ2) is 24.8. The van der Waals surface area contributed by atoms with Crippen LogP contribution in [0, 0.1) is 73.0 Å². The Morgan fingerprint density at radius 2 is 0.647 bits per heavy atom. The molecule has 8 nitrogen and oxygen atoms in total. The zero-order chi connectivity index (χ0) is 49.0. The van der Waals surface area contributed by atoms with E-state index in [2.05, 4.69) is 107 Å². The van der Waals surface area contributed by atoms with Gasteiger partial charge >= 0.3 is 0 Å². The topological polar surface area (TPSA) is 148 Å². The van der Waals surface area contributed by atoms with E-state index in [9.17, 15) is 0 Å². The molecule has 8 heteroatoms. The summed E-state index contributed by atoms with van der Waals surface area (Å²) < 4.78 is 23.0. The van der Waals surface area contributed by atoms with Crippen LogP contribution < -0.4 is 0 Å². The van der Waals surface area contributed by atoms with E-state index in [1.807, 2.05) is 91.0 Å². The van der Waals surface area contributed by atoms with Gasteiger partial charge < -0.3 is 17.7 Å². The first-order valence-electron chi connectivity index (χ1n) is 21.8. The van der Waals surface area contributed by atoms with Crippen molar-refractivity contribution in [1.82, 2.24) is 0 Å². The highest BCUT2D eigenvalue weighted by Gasteiger charge is 2.09. The van der Waals surface area contributed by atoms with Crippen LogP contribution in [0.4, 0.5) is 0 Å². The molecule has 4 heterocycles. The quantitative estimate of drug-likeness (QED) is 0.146. The molecule has 0 saturated carbocycles. The maximum absolute atomic E-state index is 7.32. The number of aryl methyl sites for hydroxylation is 4. The summed E-state index contributed by atoms with van der Waals surface area (Å²) in [6.45, 7) is 14.1. The van der Waals surface area contributed by atoms with Crippen LogP contribution in [-0.2, 0) is 0 Å². The van der Waals surface area contributed by atoms with Gasteiger partial charge in [-0.15, -0.1) is 0 Å². The van der Waals surface area contributed by atoms with Crippen LogP contribution in [0.1, 0.15) is 49.9 Å². The van der Waals surface area contributed by atoms with Gasteiger partial charge in [0.1, 0.15) is 44.7 Å². The Morgan fingerprint density at radius 3 is 1.24 bits per heavy atom. The third kappa shape index (κ3) is 12.2. The lowest BCUT2D eigenvalue weighted by atomic mass is 10.1. The van der Waals surface area contributed by atoms with Gasteiger partial charge in [-0.3, -0.25) is 0 Å². The number of rotatable bonds is 0. The Kier molecular flexibility index (Phi) is 18.2. The van der Waals surface area contributed by atoms with E-state index in [1.54, 1.807) is 24.3 Å². The Bertz CT molecular complexity index is 3670. The molecule has 0 amide bonds. The molecular formula is C60H52N4O4. The highest BCUT2D eigenvalue weighted by molar-refractivity contribution is 6.08. The van der Waals surface area contributed by atoms with Gasteiger partial charge in [0, 0.05) is 70.8 Å². The molecule has 0 aliphatic heterocycles. The predicted molar refractivity (Wildman–Crippen MR) is 279 cm³/mol. The molecule has 0 spiro atoms. The lowest BCUT2D eigenvalue weighted by Gasteiger charge is -1.93. The molecule has 0 unspecified atom stereocenters. The van der Waals surface area contributed by atoms with Crippen LogP contribution in [0.3, 0.4) is 0 Å². The van der Waals surface area contributed by atoms with E-state index < -0.39 is 0 Å². The van der Waals surface area contributed by atoms with Gasteiger partial charge in [-0.1, -0.05) is 127 Å². The maximum atomic E-state index is 7.32. The predicted octanol–water partition coefficient (Wildman–Crippen LogP) is 17.7. The molecule has 0 aliphatic rings. The van der Waals surface area contributed by atoms with Crippen LogP contribution in [0.15, 0.2) is 188 Å². The number of nitrogens with zero attached hydrogens (tertiary/aromatic N) is 4. The zero-order valence-corrected chi connectivity index (χ0v) is 39.6. The standard InChI is InChI=1S/4C13H10O.4C2H3N/c1-9-5-4-7-11-10-6-2-3-8-12(10)14-13(9)11;1-9-5-4-8-12-13(9)10-6-2-3-7-11(10)14-12;1-9-6-7-13-11(8-9)10-4-2-3-5-12(10)14-13;1-9-6-7-11-10-4-2-3-5-12(10)14-13(11)8-9;4*1-2-3/h4*2-8H,1H3;4*1H3. The summed E-state index contributed by atoms with van der Waals surface area (Å²) in [6, 6.07) is 64.6. The summed E-state index contributed by atoms with van der Waals surface area (Å²) in [5, 5.41) is 38.9. The fourth-order valence-electron chi connectivity index (χ4n) is 7.51. The molecule has 0 atom stereocenters. The minimum Gasteiger partial charge on any atom is -0.456 e. The van der Waals surface area contributed by atoms with Crippen molar-refractivity contribution in [1.29, 1.82) is 21.0 Å². The smallest absolute Gasteiger partial charge is 0.138 e. The van der Waals surface area contributed by atoms with Crippen LogP contribution in [0.5, 0.6) is 0 Å². The van der Waals surface area contributed by atoms with Gasteiger partial charge in [0.15, 0.2) is 0 Å². The molecule has 0 aliphatic carbocycles. The molecule has 0 bridgehead atoms. The number of nitriles is 4. The molecule has 8 aromatic carbocycles. The van der Waals surface area contributed by atoms with Crippen LogP contribution in [0.25, 0.3) is 87.8 Å². The molecule has 0 fully saturated rings. The fraction of sp³-hybridized carbons (Fsp3) is 0.133. The van der Waals surface area contributed by atoms with Crippen molar-refractivity contribution in [3.63, 3.8) is 0 Å². The Hall–Kier alpha value is -9.08. The summed E-state index contributed by atoms with van der Waals surface area (Å²) in [6.07, 6.45) is 0.